The summed E-state index contributed by atoms with van der Waals surface area (Å²) in [6, 6.07) is 0. The van der Waals surface area contributed by atoms with E-state index < -0.39 is 0 Å². The van der Waals surface area contributed by atoms with Crippen LogP contribution in [0.25, 0.3) is 0 Å². The summed E-state index contributed by atoms with van der Waals surface area (Å²) in [7, 11) is 0. The monoisotopic (exact) mass is 371 g/mol. The van der Waals surface area contributed by atoms with Crippen molar-refractivity contribution in [1.82, 2.24) is 9.80 Å². The van der Waals surface area contributed by atoms with Crippen LogP contribution >= 0.6 is 0 Å². The van der Waals surface area contributed by atoms with E-state index in [0.717, 1.165) is 31.3 Å². The summed E-state index contributed by atoms with van der Waals surface area (Å²) in [5, 5.41) is 8.66. The summed E-state index contributed by atoms with van der Waals surface area (Å²) < 4.78 is 0. The maximum absolute atomic E-state index is 8.66. The van der Waals surface area contributed by atoms with Gasteiger partial charge in [0.15, 0.2) is 0 Å². The van der Waals surface area contributed by atoms with Gasteiger partial charge in [0.25, 0.3) is 0 Å². The van der Waals surface area contributed by atoms with E-state index >= 15 is 0 Å². The second-order valence-corrected chi connectivity index (χ2v) is 8.47. The van der Waals surface area contributed by atoms with Crippen LogP contribution in [0.5, 0.6) is 0 Å². The molecular weight excluding hydrogens is 330 g/mol. The number of piperazine rings is 1. The first kappa shape index (κ1) is 22.1. The molecule has 2 atom stereocenters. The van der Waals surface area contributed by atoms with E-state index in [2.05, 4.69) is 55.4 Å². The van der Waals surface area contributed by atoms with Gasteiger partial charge in [-0.15, -0.1) is 0 Å². The molecule has 0 radical (unpaired) electrons. The van der Waals surface area contributed by atoms with Crippen molar-refractivity contribution in [3.05, 3.63) is 36.0 Å². The van der Waals surface area contributed by atoms with Crippen LogP contribution in [0.3, 0.4) is 0 Å². The van der Waals surface area contributed by atoms with E-state index in [-0.39, 0.29) is 0 Å². The molecule has 1 N–H and O–H groups in total. The Balaban J connectivity index is 1.78. The van der Waals surface area contributed by atoms with Gasteiger partial charge < -0.3 is 15.2 Å². The van der Waals surface area contributed by atoms with Crippen molar-refractivity contribution in [3.8, 4) is 0 Å². The maximum atomic E-state index is 8.66. The molecule has 0 spiro atoms. The molecule has 152 valence electrons. The van der Waals surface area contributed by atoms with E-state index in [1.54, 1.807) is 0 Å². The van der Waals surface area contributed by atoms with Crippen LogP contribution in [0.2, 0.25) is 0 Å². The zero-order valence-electron chi connectivity index (χ0n) is 18.0. The minimum absolute atomic E-state index is 0.376. The maximum Gasteiger partial charge on any atom is 0.0597 e. The van der Waals surface area contributed by atoms with Crippen molar-refractivity contribution < 1.29 is 0 Å². The molecule has 1 saturated heterocycles. The lowest BCUT2D eigenvalue weighted by Gasteiger charge is -2.35. The summed E-state index contributed by atoms with van der Waals surface area (Å²) in [6.07, 6.45) is 13.4. The number of hydrogen-bond acceptors (Lipinski definition) is 3. The highest BCUT2D eigenvalue weighted by Crippen LogP contribution is 2.27. The van der Waals surface area contributed by atoms with Crippen LogP contribution in [0.15, 0.2) is 36.0 Å². The minimum atomic E-state index is 0.376. The van der Waals surface area contributed by atoms with E-state index in [1.165, 1.54) is 57.7 Å². The second-order valence-electron chi connectivity index (χ2n) is 8.47. The molecule has 0 amide bonds. The van der Waals surface area contributed by atoms with Crippen LogP contribution in [-0.2, 0) is 0 Å². The number of nitrogens with one attached hydrogen (secondary N) is 1. The molecule has 3 heteroatoms. The van der Waals surface area contributed by atoms with Crippen LogP contribution < -0.4 is 0 Å². The van der Waals surface area contributed by atoms with E-state index in [1.807, 2.05) is 0 Å². The van der Waals surface area contributed by atoms with Crippen molar-refractivity contribution >= 4 is 5.71 Å². The average molecular weight is 372 g/mol. The van der Waals surface area contributed by atoms with Gasteiger partial charge in [0.2, 0.25) is 0 Å². The molecule has 1 aliphatic carbocycles. The molecule has 1 fully saturated rings. The Bertz CT molecular complexity index is 538. The molecule has 1 heterocycles. The lowest BCUT2D eigenvalue weighted by Crippen LogP contribution is -2.46. The van der Waals surface area contributed by atoms with Gasteiger partial charge in [0, 0.05) is 26.2 Å². The SMILES string of the molecule is C=C(C(=N)C1=CCC=CCCC1)C(C)C(C)CCN1CCN(CCC)CC1. The normalized spacial score (nSPS) is 21.8. The first-order chi connectivity index (χ1) is 13.0. The summed E-state index contributed by atoms with van der Waals surface area (Å²) in [5.74, 6) is 0.946. The standard InChI is InChI=1S/C24H41N3/c1-5-14-26-16-18-27(19-17-26)15-13-20(2)21(3)22(4)24(25)23-11-9-7-6-8-10-12-23/h6-7,11,20-21,25H,4-5,8-10,12-19H2,1-3H3. The van der Waals surface area contributed by atoms with Gasteiger partial charge in [-0.1, -0.05) is 45.6 Å². The smallest absolute Gasteiger partial charge is 0.0597 e. The van der Waals surface area contributed by atoms with Gasteiger partial charge in [0.1, 0.15) is 0 Å². The van der Waals surface area contributed by atoms with Crippen LogP contribution in [0, 0.1) is 17.2 Å². The fourth-order valence-electron chi connectivity index (χ4n) is 4.13. The highest BCUT2D eigenvalue weighted by Gasteiger charge is 2.22. The number of hydrogen-bond donors (Lipinski definition) is 1. The molecule has 0 aromatic heterocycles. The first-order valence-corrected chi connectivity index (χ1v) is 11.1. The molecule has 27 heavy (non-hydrogen) atoms. The Morgan fingerprint density at radius 3 is 2.44 bits per heavy atom. The fourth-order valence-corrected chi connectivity index (χ4v) is 4.13. The van der Waals surface area contributed by atoms with Crippen molar-refractivity contribution in [3.63, 3.8) is 0 Å². The topological polar surface area (TPSA) is 30.3 Å². The number of rotatable bonds is 9. The van der Waals surface area contributed by atoms with Gasteiger partial charge in [-0.25, -0.2) is 0 Å². The Morgan fingerprint density at radius 2 is 1.78 bits per heavy atom. The molecule has 3 nitrogen and oxygen atoms in total. The number of allylic oxidation sites excluding steroid dienone is 5. The first-order valence-electron chi connectivity index (χ1n) is 11.1. The van der Waals surface area contributed by atoms with Crippen LogP contribution in [-0.4, -0.2) is 54.8 Å². The van der Waals surface area contributed by atoms with E-state index in [0.29, 0.717) is 17.5 Å². The van der Waals surface area contributed by atoms with Gasteiger partial charge in [0.05, 0.1) is 5.71 Å². The Hall–Kier alpha value is -1.19. The largest absolute Gasteiger partial charge is 0.301 e. The van der Waals surface area contributed by atoms with E-state index in [9.17, 15) is 0 Å². The summed E-state index contributed by atoms with van der Waals surface area (Å²) in [4.78, 5) is 5.21. The molecule has 2 rings (SSSR count). The predicted molar refractivity (Wildman–Crippen MR) is 119 cm³/mol. The van der Waals surface area contributed by atoms with Gasteiger partial charge >= 0.3 is 0 Å². The Labute approximate surface area is 167 Å². The summed E-state index contributed by atoms with van der Waals surface area (Å²) in [6.45, 7) is 18.5. The summed E-state index contributed by atoms with van der Waals surface area (Å²) in [5.41, 5.74) is 2.94. The fraction of sp³-hybridized carbons (Fsp3) is 0.708. The quantitative estimate of drug-likeness (QED) is 0.440. The third-order valence-electron chi connectivity index (χ3n) is 6.43. The zero-order chi connectivity index (χ0) is 19.6. The highest BCUT2D eigenvalue weighted by atomic mass is 15.3. The predicted octanol–water partition coefficient (Wildman–Crippen LogP) is 5.31. The Kier molecular flexibility index (Phi) is 9.50. The van der Waals surface area contributed by atoms with Crippen molar-refractivity contribution in [2.75, 3.05) is 39.3 Å². The minimum Gasteiger partial charge on any atom is -0.301 e. The van der Waals surface area contributed by atoms with Gasteiger partial charge in [-0.05, 0) is 74.6 Å². The molecule has 0 aromatic rings. The van der Waals surface area contributed by atoms with Crippen molar-refractivity contribution in [2.24, 2.45) is 11.8 Å². The lowest BCUT2D eigenvalue weighted by molar-refractivity contribution is 0.125. The summed E-state index contributed by atoms with van der Waals surface area (Å²) >= 11 is 0. The van der Waals surface area contributed by atoms with Crippen LogP contribution in [0.4, 0.5) is 0 Å². The molecule has 0 aromatic carbocycles. The van der Waals surface area contributed by atoms with Crippen LogP contribution in [0.1, 0.15) is 59.3 Å². The zero-order valence-corrected chi connectivity index (χ0v) is 18.0. The molecular formula is C24H41N3. The lowest BCUT2D eigenvalue weighted by atomic mass is 9.82. The third kappa shape index (κ3) is 7.04. The Morgan fingerprint density at radius 1 is 1.11 bits per heavy atom. The second kappa shape index (κ2) is 11.6. The molecule has 0 saturated carbocycles. The van der Waals surface area contributed by atoms with Crippen molar-refractivity contribution in [1.29, 1.82) is 5.41 Å². The van der Waals surface area contributed by atoms with Crippen molar-refractivity contribution in [2.45, 2.75) is 59.3 Å². The third-order valence-corrected chi connectivity index (χ3v) is 6.43. The number of nitrogens with zero attached hydrogens (tertiary/aromatic N) is 2. The van der Waals surface area contributed by atoms with Gasteiger partial charge in [-0.2, -0.15) is 0 Å². The highest BCUT2D eigenvalue weighted by molar-refractivity contribution is 6.10. The molecule has 0 bridgehead atoms. The molecule has 1 aliphatic heterocycles. The van der Waals surface area contributed by atoms with Gasteiger partial charge in [-0.3, -0.25) is 0 Å². The van der Waals surface area contributed by atoms with E-state index in [4.69, 9.17) is 5.41 Å². The molecule has 2 unspecified atom stereocenters. The molecule has 2 aliphatic rings. The average Bonchev–Trinajstić information content (AvgIpc) is 2.65.